The van der Waals surface area contributed by atoms with Gasteiger partial charge in [0.25, 0.3) is 0 Å². The SMILES string of the molecule is CC(C)(C)CC1CC(c2ccc(Br)cc2)=NO1. The van der Waals surface area contributed by atoms with E-state index in [0.717, 1.165) is 28.6 Å². The molecule has 0 fully saturated rings. The third-order valence-electron chi connectivity index (χ3n) is 2.75. The lowest BCUT2D eigenvalue weighted by molar-refractivity contribution is 0.0540. The molecule has 0 radical (unpaired) electrons. The van der Waals surface area contributed by atoms with E-state index >= 15 is 0 Å². The first kappa shape index (κ1) is 12.6. The van der Waals surface area contributed by atoms with E-state index in [2.05, 4.69) is 54.0 Å². The zero-order chi connectivity index (χ0) is 12.5. The highest BCUT2D eigenvalue weighted by atomic mass is 79.9. The van der Waals surface area contributed by atoms with E-state index in [-0.39, 0.29) is 11.5 Å². The number of rotatable bonds is 2. The summed E-state index contributed by atoms with van der Waals surface area (Å²) in [6, 6.07) is 8.22. The van der Waals surface area contributed by atoms with Gasteiger partial charge in [0.15, 0.2) is 0 Å². The van der Waals surface area contributed by atoms with Gasteiger partial charge in [-0.1, -0.05) is 54.0 Å². The van der Waals surface area contributed by atoms with Gasteiger partial charge in [-0.15, -0.1) is 0 Å². The average Bonchev–Trinajstić information content (AvgIpc) is 2.64. The van der Waals surface area contributed by atoms with Crippen molar-refractivity contribution < 1.29 is 4.84 Å². The Balaban J connectivity index is 2.00. The van der Waals surface area contributed by atoms with Gasteiger partial charge in [-0.25, -0.2) is 0 Å². The van der Waals surface area contributed by atoms with Gasteiger partial charge in [-0.3, -0.25) is 0 Å². The number of hydrogen-bond acceptors (Lipinski definition) is 2. The van der Waals surface area contributed by atoms with Crippen molar-refractivity contribution in [3.8, 4) is 0 Å². The number of halogens is 1. The van der Waals surface area contributed by atoms with Crippen LogP contribution < -0.4 is 0 Å². The Labute approximate surface area is 111 Å². The summed E-state index contributed by atoms with van der Waals surface area (Å²) >= 11 is 3.43. The van der Waals surface area contributed by atoms with Crippen LogP contribution >= 0.6 is 15.9 Å². The van der Waals surface area contributed by atoms with Crippen molar-refractivity contribution in [2.24, 2.45) is 10.6 Å². The fourth-order valence-corrected chi connectivity index (χ4v) is 2.30. The van der Waals surface area contributed by atoms with Crippen molar-refractivity contribution in [1.29, 1.82) is 0 Å². The number of nitrogens with zero attached hydrogens (tertiary/aromatic N) is 1. The maximum absolute atomic E-state index is 5.50. The van der Waals surface area contributed by atoms with Crippen molar-refractivity contribution in [3.63, 3.8) is 0 Å². The highest BCUT2D eigenvalue weighted by molar-refractivity contribution is 9.10. The first-order chi connectivity index (χ1) is 7.94. The first-order valence-corrected chi connectivity index (χ1v) is 6.72. The van der Waals surface area contributed by atoms with Gasteiger partial charge in [0, 0.05) is 10.9 Å². The number of oxime groups is 1. The summed E-state index contributed by atoms with van der Waals surface area (Å²) in [5, 5.41) is 4.20. The van der Waals surface area contributed by atoms with Crippen LogP contribution in [0.2, 0.25) is 0 Å². The Morgan fingerprint density at radius 1 is 1.29 bits per heavy atom. The Hall–Kier alpha value is -0.830. The van der Waals surface area contributed by atoms with Crippen LogP contribution in [-0.2, 0) is 4.84 Å². The molecule has 1 aliphatic rings. The molecule has 0 aliphatic carbocycles. The van der Waals surface area contributed by atoms with E-state index in [9.17, 15) is 0 Å². The van der Waals surface area contributed by atoms with E-state index < -0.39 is 0 Å². The summed E-state index contributed by atoms with van der Waals surface area (Å²) in [5.74, 6) is 0. The second-order valence-electron chi connectivity index (χ2n) is 5.74. The molecule has 0 bridgehead atoms. The zero-order valence-corrected chi connectivity index (χ0v) is 12.1. The lowest BCUT2D eigenvalue weighted by Gasteiger charge is -2.21. The number of hydrogen-bond donors (Lipinski definition) is 0. The molecule has 92 valence electrons. The maximum Gasteiger partial charge on any atom is 0.133 e. The molecule has 0 N–H and O–H groups in total. The van der Waals surface area contributed by atoms with Gasteiger partial charge >= 0.3 is 0 Å². The van der Waals surface area contributed by atoms with Crippen LogP contribution in [0.5, 0.6) is 0 Å². The second-order valence-corrected chi connectivity index (χ2v) is 6.66. The molecule has 1 unspecified atom stereocenters. The first-order valence-electron chi connectivity index (χ1n) is 5.93. The number of benzene rings is 1. The second kappa shape index (κ2) is 4.81. The van der Waals surface area contributed by atoms with Gasteiger partial charge in [-0.05, 0) is 29.5 Å². The summed E-state index contributed by atoms with van der Waals surface area (Å²) in [5.41, 5.74) is 2.51. The molecule has 0 spiro atoms. The summed E-state index contributed by atoms with van der Waals surface area (Å²) in [7, 11) is 0. The van der Waals surface area contributed by atoms with Crippen LogP contribution in [-0.4, -0.2) is 11.8 Å². The molecule has 17 heavy (non-hydrogen) atoms. The lowest BCUT2D eigenvalue weighted by atomic mass is 9.87. The Kier molecular flexibility index (Phi) is 3.57. The molecule has 0 amide bonds. The summed E-state index contributed by atoms with van der Waals surface area (Å²) < 4.78 is 1.09. The molecular formula is C14H18BrNO. The largest absolute Gasteiger partial charge is 0.392 e. The van der Waals surface area contributed by atoms with Crippen LogP contribution in [0.1, 0.15) is 39.2 Å². The maximum atomic E-state index is 5.50. The Morgan fingerprint density at radius 3 is 2.53 bits per heavy atom. The molecule has 0 saturated heterocycles. The third kappa shape index (κ3) is 3.56. The minimum Gasteiger partial charge on any atom is -0.392 e. The predicted molar refractivity (Wildman–Crippen MR) is 74.2 cm³/mol. The van der Waals surface area contributed by atoms with E-state index in [1.165, 1.54) is 0 Å². The van der Waals surface area contributed by atoms with Gasteiger partial charge in [0.05, 0.1) is 5.71 Å². The predicted octanol–water partition coefficient (Wildman–Crippen LogP) is 4.38. The van der Waals surface area contributed by atoms with Crippen LogP contribution in [0.3, 0.4) is 0 Å². The quantitative estimate of drug-likeness (QED) is 0.793. The topological polar surface area (TPSA) is 21.6 Å². The highest BCUT2D eigenvalue weighted by Crippen LogP contribution is 2.28. The van der Waals surface area contributed by atoms with Gasteiger partial charge in [0.1, 0.15) is 6.10 Å². The molecule has 1 aromatic rings. The van der Waals surface area contributed by atoms with E-state index in [1.54, 1.807) is 0 Å². The molecule has 1 aliphatic heterocycles. The highest BCUT2D eigenvalue weighted by Gasteiger charge is 2.26. The third-order valence-corrected chi connectivity index (χ3v) is 3.28. The summed E-state index contributed by atoms with van der Waals surface area (Å²) in [4.78, 5) is 5.50. The van der Waals surface area contributed by atoms with E-state index in [0.29, 0.717) is 0 Å². The van der Waals surface area contributed by atoms with Crippen molar-refractivity contribution in [2.75, 3.05) is 0 Å². The Bertz CT molecular complexity index is 417. The minimum absolute atomic E-state index is 0.230. The standard InChI is InChI=1S/C14H18BrNO/c1-14(2,3)9-12-8-13(16-17-12)10-4-6-11(15)7-5-10/h4-7,12H,8-9H2,1-3H3. The van der Waals surface area contributed by atoms with Crippen molar-refractivity contribution >= 4 is 21.6 Å². The molecule has 1 aromatic carbocycles. The molecule has 3 heteroatoms. The lowest BCUT2D eigenvalue weighted by Crippen LogP contribution is -2.18. The van der Waals surface area contributed by atoms with Crippen LogP contribution in [0.4, 0.5) is 0 Å². The molecule has 0 saturated carbocycles. The Morgan fingerprint density at radius 2 is 1.94 bits per heavy atom. The fraction of sp³-hybridized carbons (Fsp3) is 0.500. The van der Waals surface area contributed by atoms with Crippen molar-refractivity contribution in [3.05, 3.63) is 34.3 Å². The van der Waals surface area contributed by atoms with E-state index in [4.69, 9.17) is 4.84 Å². The summed E-state index contributed by atoms with van der Waals surface area (Å²) in [6.45, 7) is 6.69. The molecular weight excluding hydrogens is 278 g/mol. The van der Waals surface area contributed by atoms with Crippen LogP contribution in [0.25, 0.3) is 0 Å². The summed E-state index contributed by atoms with van der Waals surface area (Å²) in [6.07, 6.45) is 2.18. The van der Waals surface area contributed by atoms with Gasteiger partial charge in [-0.2, -0.15) is 0 Å². The van der Waals surface area contributed by atoms with Gasteiger partial charge in [0.2, 0.25) is 0 Å². The van der Waals surface area contributed by atoms with Crippen molar-refractivity contribution in [2.45, 2.75) is 39.7 Å². The van der Waals surface area contributed by atoms with Crippen LogP contribution in [0, 0.1) is 5.41 Å². The van der Waals surface area contributed by atoms with E-state index in [1.807, 2.05) is 12.1 Å². The zero-order valence-electron chi connectivity index (χ0n) is 10.5. The molecule has 1 atom stereocenters. The normalized spacial score (nSPS) is 20.0. The average molecular weight is 296 g/mol. The molecule has 1 heterocycles. The van der Waals surface area contributed by atoms with Gasteiger partial charge < -0.3 is 4.84 Å². The monoisotopic (exact) mass is 295 g/mol. The molecule has 2 rings (SSSR count). The minimum atomic E-state index is 0.230. The van der Waals surface area contributed by atoms with Crippen molar-refractivity contribution in [1.82, 2.24) is 0 Å². The molecule has 2 nitrogen and oxygen atoms in total. The van der Waals surface area contributed by atoms with Crippen LogP contribution in [0.15, 0.2) is 33.9 Å². The molecule has 0 aromatic heterocycles. The fourth-order valence-electron chi connectivity index (χ4n) is 2.03. The smallest absolute Gasteiger partial charge is 0.133 e.